The molecular formula is C17H12Cl2FNO2S. The van der Waals surface area contributed by atoms with Gasteiger partial charge in [0, 0.05) is 11.4 Å². The van der Waals surface area contributed by atoms with Gasteiger partial charge in [0.05, 0.1) is 10.8 Å². The van der Waals surface area contributed by atoms with Crippen molar-refractivity contribution in [1.29, 1.82) is 0 Å². The van der Waals surface area contributed by atoms with Gasteiger partial charge in [0.15, 0.2) is 5.58 Å². The van der Waals surface area contributed by atoms with E-state index in [2.05, 4.69) is 4.98 Å². The maximum Gasteiger partial charge on any atom is 0.257 e. The number of carbonyl (C=O) groups excluding carboxylic acids is 1. The molecule has 0 saturated carbocycles. The number of ketones is 1. The van der Waals surface area contributed by atoms with E-state index in [-0.39, 0.29) is 23.8 Å². The summed E-state index contributed by atoms with van der Waals surface area (Å²) in [6.07, 6.45) is 0.0333. The van der Waals surface area contributed by atoms with Gasteiger partial charge in [-0.15, -0.1) is 0 Å². The highest BCUT2D eigenvalue weighted by Crippen LogP contribution is 2.34. The van der Waals surface area contributed by atoms with Crippen LogP contribution in [0.25, 0.3) is 11.1 Å². The first-order valence-corrected chi connectivity index (χ1v) is 8.83. The third-order valence-corrected chi connectivity index (χ3v) is 5.22. The van der Waals surface area contributed by atoms with Crippen LogP contribution in [-0.2, 0) is 11.2 Å². The first-order valence-electron chi connectivity index (χ1n) is 7.08. The molecule has 3 aromatic rings. The van der Waals surface area contributed by atoms with Gasteiger partial charge in [-0.1, -0.05) is 53.2 Å². The monoisotopic (exact) mass is 383 g/mol. The Morgan fingerprint density at radius 2 is 2.08 bits per heavy atom. The van der Waals surface area contributed by atoms with Crippen LogP contribution >= 0.6 is 35.0 Å². The van der Waals surface area contributed by atoms with Crippen molar-refractivity contribution >= 4 is 51.8 Å². The third-order valence-electron chi connectivity index (χ3n) is 3.49. The molecule has 0 aliphatic rings. The van der Waals surface area contributed by atoms with Crippen LogP contribution in [0.5, 0.6) is 0 Å². The predicted octanol–water partition coefficient (Wildman–Crippen LogP) is 5.49. The molecule has 0 amide bonds. The lowest BCUT2D eigenvalue weighted by Gasteiger charge is -2.01. The largest absolute Gasteiger partial charge is 0.430 e. The highest BCUT2D eigenvalue weighted by Gasteiger charge is 2.16. The average Bonchev–Trinajstić information content (AvgIpc) is 2.96. The molecular weight excluding hydrogens is 372 g/mol. The quantitative estimate of drug-likeness (QED) is 0.546. The number of halogens is 3. The van der Waals surface area contributed by atoms with Gasteiger partial charge < -0.3 is 4.42 Å². The van der Waals surface area contributed by atoms with Crippen LogP contribution in [0.3, 0.4) is 0 Å². The van der Waals surface area contributed by atoms with Crippen molar-refractivity contribution in [2.45, 2.75) is 18.6 Å². The number of benzene rings is 2. The Morgan fingerprint density at radius 3 is 2.83 bits per heavy atom. The van der Waals surface area contributed by atoms with Crippen molar-refractivity contribution in [3.8, 4) is 0 Å². The molecule has 0 fully saturated rings. The van der Waals surface area contributed by atoms with Gasteiger partial charge in [-0.2, -0.15) is 0 Å². The molecule has 0 atom stereocenters. The van der Waals surface area contributed by atoms with Crippen molar-refractivity contribution in [3.05, 3.63) is 57.3 Å². The molecule has 3 rings (SSSR count). The molecule has 0 spiro atoms. The molecule has 24 heavy (non-hydrogen) atoms. The van der Waals surface area contributed by atoms with Crippen LogP contribution in [0, 0.1) is 12.7 Å². The lowest BCUT2D eigenvalue weighted by Crippen LogP contribution is -2.07. The van der Waals surface area contributed by atoms with E-state index in [9.17, 15) is 9.18 Å². The summed E-state index contributed by atoms with van der Waals surface area (Å²) in [5.41, 5.74) is 2.09. The highest BCUT2D eigenvalue weighted by molar-refractivity contribution is 7.99. The van der Waals surface area contributed by atoms with Gasteiger partial charge in [-0.25, -0.2) is 9.37 Å². The Bertz CT molecular complexity index is 926. The summed E-state index contributed by atoms with van der Waals surface area (Å²) in [5.74, 6) is -0.367. The van der Waals surface area contributed by atoms with E-state index in [1.807, 2.05) is 0 Å². The molecule has 7 heteroatoms. The average molecular weight is 384 g/mol. The Kier molecular flexibility index (Phi) is 5.13. The summed E-state index contributed by atoms with van der Waals surface area (Å²) in [7, 11) is 0. The van der Waals surface area contributed by atoms with E-state index in [0.717, 1.165) is 11.8 Å². The zero-order valence-corrected chi connectivity index (χ0v) is 14.9. The number of thioether (sulfide) groups is 1. The predicted molar refractivity (Wildman–Crippen MR) is 94.6 cm³/mol. The molecule has 1 heterocycles. The lowest BCUT2D eigenvalue weighted by molar-refractivity contribution is -0.116. The van der Waals surface area contributed by atoms with Crippen LogP contribution in [0.1, 0.15) is 11.1 Å². The fourth-order valence-corrected chi connectivity index (χ4v) is 3.35. The summed E-state index contributed by atoms with van der Waals surface area (Å²) < 4.78 is 19.1. The topological polar surface area (TPSA) is 43.1 Å². The Labute approximate surface area is 152 Å². The summed E-state index contributed by atoms with van der Waals surface area (Å²) in [6.45, 7) is 1.79. The van der Waals surface area contributed by atoms with Gasteiger partial charge in [0.1, 0.15) is 17.1 Å². The molecule has 0 radical (unpaired) electrons. The van der Waals surface area contributed by atoms with Gasteiger partial charge in [0.25, 0.3) is 5.22 Å². The lowest BCUT2D eigenvalue weighted by atomic mass is 10.1. The molecule has 1 aromatic heterocycles. The SMILES string of the molecule is Cc1c(Cl)cc2nc(SCC(=O)Cc3ccccc3F)oc2c1Cl. The number of rotatable bonds is 5. The number of fused-ring (bicyclic) bond motifs is 1. The van der Waals surface area contributed by atoms with E-state index in [4.69, 9.17) is 27.6 Å². The van der Waals surface area contributed by atoms with Crippen LogP contribution in [0.15, 0.2) is 40.0 Å². The van der Waals surface area contributed by atoms with E-state index in [0.29, 0.717) is 37.5 Å². The summed E-state index contributed by atoms with van der Waals surface area (Å²) in [6, 6.07) is 7.90. The third kappa shape index (κ3) is 3.58. The molecule has 0 N–H and O–H groups in total. The molecule has 2 aromatic carbocycles. The molecule has 0 saturated heterocycles. The summed E-state index contributed by atoms with van der Waals surface area (Å²) in [4.78, 5) is 16.3. The maximum absolute atomic E-state index is 13.6. The number of aromatic nitrogens is 1. The van der Waals surface area contributed by atoms with Crippen molar-refractivity contribution < 1.29 is 13.6 Å². The number of carbonyl (C=O) groups is 1. The molecule has 0 aliphatic carbocycles. The van der Waals surface area contributed by atoms with Crippen molar-refractivity contribution in [2.24, 2.45) is 0 Å². The smallest absolute Gasteiger partial charge is 0.257 e. The number of oxazole rings is 1. The second-order valence-corrected chi connectivity index (χ2v) is 6.93. The van der Waals surface area contributed by atoms with Crippen molar-refractivity contribution in [3.63, 3.8) is 0 Å². The van der Waals surface area contributed by atoms with Crippen LogP contribution in [0.2, 0.25) is 10.0 Å². The van der Waals surface area contributed by atoms with Crippen LogP contribution in [0.4, 0.5) is 4.39 Å². The molecule has 0 bridgehead atoms. The van der Waals surface area contributed by atoms with E-state index < -0.39 is 0 Å². The Hall–Kier alpha value is -1.56. The highest BCUT2D eigenvalue weighted by atomic mass is 35.5. The minimum atomic E-state index is -0.380. The Morgan fingerprint density at radius 1 is 1.33 bits per heavy atom. The number of nitrogens with zero attached hydrogens (tertiary/aromatic N) is 1. The minimum absolute atomic E-state index is 0.0333. The van der Waals surface area contributed by atoms with Crippen molar-refractivity contribution in [1.82, 2.24) is 4.98 Å². The normalized spacial score (nSPS) is 11.2. The fourth-order valence-electron chi connectivity index (χ4n) is 2.18. The van der Waals surface area contributed by atoms with E-state index >= 15 is 0 Å². The second-order valence-electron chi connectivity index (χ2n) is 5.22. The Balaban J connectivity index is 1.71. The van der Waals surface area contributed by atoms with Crippen molar-refractivity contribution in [2.75, 3.05) is 5.75 Å². The molecule has 0 unspecified atom stereocenters. The number of hydrogen-bond acceptors (Lipinski definition) is 4. The van der Waals surface area contributed by atoms with Crippen LogP contribution in [-0.4, -0.2) is 16.5 Å². The van der Waals surface area contributed by atoms with Gasteiger partial charge in [-0.3, -0.25) is 4.79 Å². The molecule has 3 nitrogen and oxygen atoms in total. The maximum atomic E-state index is 13.6. The molecule has 0 aliphatic heterocycles. The first kappa shape index (κ1) is 17.3. The van der Waals surface area contributed by atoms with Gasteiger partial charge >= 0.3 is 0 Å². The zero-order valence-electron chi connectivity index (χ0n) is 12.6. The zero-order chi connectivity index (χ0) is 17.3. The van der Waals surface area contributed by atoms with Crippen LogP contribution < -0.4 is 0 Å². The standard InChI is InChI=1S/C17H12Cl2FNO2S/c1-9-12(18)7-14-16(15(9)19)23-17(21-14)24-8-11(22)6-10-4-2-3-5-13(10)20/h2-5,7H,6,8H2,1H3. The summed E-state index contributed by atoms with van der Waals surface area (Å²) in [5, 5.41) is 1.25. The van der Waals surface area contributed by atoms with E-state index in [1.54, 1.807) is 31.2 Å². The minimum Gasteiger partial charge on any atom is -0.430 e. The second kappa shape index (κ2) is 7.13. The van der Waals surface area contributed by atoms with E-state index in [1.165, 1.54) is 6.07 Å². The van der Waals surface area contributed by atoms with Gasteiger partial charge in [-0.05, 0) is 30.2 Å². The number of Topliss-reactive ketones (excluding diaryl/α,β-unsaturated/α-hetero) is 1. The summed E-state index contributed by atoms with van der Waals surface area (Å²) >= 11 is 13.4. The first-order chi connectivity index (χ1) is 11.5. The number of hydrogen-bond donors (Lipinski definition) is 0. The molecule has 124 valence electrons. The fraction of sp³-hybridized carbons (Fsp3) is 0.176. The van der Waals surface area contributed by atoms with Gasteiger partial charge in [0.2, 0.25) is 0 Å².